The molecule has 0 aromatic carbocycles. The average Bonchev–Trinajstić information content (AvgIpc) is 0.722. The fraction of sp³-hybridized carbons (Fsp3) is 0. The van der Waals surface area contributed by atoms with Gasteiger partial charge in [-0.3, -0.25) is 8.42 Å². The van der Waals surface area contributed by atoms with E-state index in [0.29, 0.717) is 0 Å². The third-order valence-electron chi connectivity index (χ3n) is 0. The van der Waals surface area contributed by atoms with E-state index in [9.17, 15) is 0 Å². The Hall–Kier alpha value is 1.79. The minimum absolute atomic E-state index is 0. The molecule has 0 atom stereocenters. The van der Waals surface area contributed by atoms with Gasteiger partial charge in [0.25, 0.3) is 0 Å². The number of hydrogen-bond acceptors (Lipinski definition) is 4. The maximum atomic E-state index is 8.52. The molecular formula is AlCl3FeO4S. The van der Waals surface area contributed by atoms with Crippen LogP contribution in [-0.4, -0.2) is 34.9 Å². The Morgan fingerprint density at radius 2 is 0.900 bits per heavy atom. The molecule has 0 aliphatic heterocycles. The third kappa shape index (κ3) is 236. The second kappa shape index (κ2) is 17.0. The van der Waals surface area contributed by atoms with Crippen LogP contribution in [0.1, 0.15) is 0 Å². The van der Waals surface area contributed by atoms with Gasteiger partial charge in [0.2, 0.25) is 0 Å². The number of halogens is 3. The van der Waals surface area contributed by atoms with Gasteiger partial charge in [0.15, 0.2) is 0 Å². The largest absolute Gasteiger partial charge is 3.00 e. The van der Waals surface area contributed by atoms with Crippen LogP contribution in [0.15, 0.2) is 0 Å². The summed E-state index contributed by atoms with van der Waals surface area (Å²) in [5.74, 6) is 0. The molecule has 0 aliphatic rings. The first-order valence-corrected chi connectivity index (χ1v) is 2.00. The predicted molar refractivity (Wildman–Crippen MR) is 16.2 cm³/mol. The van der Waals surface area contributed by atoms with E-state index in [2.05, 4.69) is 0 Å². The molecule has 0 heterocycles. The van der Waals surface area contributed by atoms with Gasteiger partial charge in [0.1, 0.15) is 0 Å². The van der Waals surface area contributed by atoms with E-state index in [1.54, 1.807) is 0 Å². The van der Waals surface area contributed by atoms with E-state index in [0.717, 1.165) is 0 Å². The van der Waals surface area contributed by atoms with Crippen LogP contribution in [-0.2, 0) is 27.5 Å². The monoisotopic (exact) mass is 284 g/mol. The number of rotatable bonds is 0. The molecule has 4 nitrogen and oxygen atoms in total. The van der Waals surface area contributed by atoms with Gasteiger partial charge in [0.05, 0.1) is 0 Å². The van der Waals surface area contributed by atoms with Gasteiger partial charge < -0.3 is 46.3 Å². The Morgan fingerprint density at radius 1 is 0.900 bits per heavy atom. The molecule has 0 spiro atoms. The van der Waals surface area contributed by atoms with E-state index in [4.69, 9.17) is 17.5 Å². The van der Waals surface area contributed by atoms with E-state index in [1.807, 2.05) is 0 Å². The van der Waals surface area contributed by atoms with Gasteiger partial charge in [-0.2, -0.15) is 0 Å². The van der Waals surface area contributed by atoms with Crippen molar-refractivity contribution in [2.24, 2.45) is 0 Å². The normalized spacial score (nSPS) is 5.80. The first kappa shape index (κ1) is 40.9. The van der Waals surface area contributed by atoms with Gasteiger partial charge in [-0.05, 0) is 0 Å². The van der Waals surface area contributed by atoms with Crippen LogP contribution >= 0.6 is 0 Å². The zero-order valence-electron chi connectivity index (χ0n) is 4.11. The first-order chi connectivity index (χ1) is 2.00. The van der Waals surface area contributed by atoms with Crippen LogP contribution < -0.4 is 37.2 Å². The van der Waals surface area contributed by atoms with Crippen LogP contribution in [0, 0.1) is 0 Å². The quantitative estimate of drug-likeness (QED) is 0.251. The Bertz CT molecular complexity index is 104. The Balaban J connectivity index is -0.00000000800. The Morgan fingerprint density at radius 3 is 0.900 bits per heavy atom. The second-order valence-corrected chi connectivity index (χ2v) is 1.22. The number of hydrogen-bond donors (Lipinski definition) is 0. The molecule has 0 saturated heterocycles. The molecule has 0 N–H and O–H groups in total. The summed E-state index contributed by atoms with van der Waals surface area (Å²) in [7, 11) is -5.17. The molecule has 0 radical (unpaired) electrons. The van der Waals surface area contributed by atoms with E-state index in [1.165, 1.54) is 0 Å². The zero-order valence-corrected chi connectivity index (χ0v) is 9.45. The Labute approximate surface area is 98.9 Å². The van der Waals surface area contributed by atoms with Gasteiger partial charge in [-0.1, -0.05) is 0 Å². The maximum absolute atomic E-state index is 8.52. The molecular weight excluding hydrogens is 285 g/mol. The summed E-state index contributed by atoms with van der Waals surface area (Å²) in [5, 5.41) is 0. The standard InChI is InChI=1S/Al.3ClH.Fe.H2O4S/c;;;;;1-5(2,3)4/h;3*1H;;(H2,1,2,3,4)/q+3;;;;+2;/p-5. The fourth-order valence-electron chi connectivity index (χ4n) is 0. The van der Waals surface area contributed by atoms with Crippen molar-refractivity contribution in [2.75, 3.05) is 0 Å². The van der Waals surface area contributed by atoms with Crippen molar-refractivity contribution in [1.29, 1.82) is 0 Å². The van der Waals surface area contributed by atoms with Crippen LogP contribution in [0.2, 0.25) is 0 Å². The van der Waals surface area contributed by atoms with Crippen molar-refractivity contribution < 1.29 is 71.8 Å². The smallest absolute Gasteiger partial charge is 1.00 e. The molecule has 0 fully saturated rings. The predicted octanol–water partition coefficient (Wildman–Crippen LogP) is -10.7. The SMILES string of the molecule is O=S(=O)([O-])[O-].[Al+3].[Cl-].[Cl-].[Cl-].[Fe+2]. The van der Waals surface area contributed by atoms with Crippen LogP contribution in [0.4, 0.5) is 0 Å². The van der Waals surface area contributed by atoms with Gasteiger partial charge >= 0.3 is 34.4 Å². The molecule has 10 heteroatoms. The minimum Gasteiger partial charge on any atom is -1.00 e. The molecule has 10 heavy (non-hydrogen) atoms. The van der Waals surface area contributed by atoms with Gasteiger partial charge in [-0.15, -0.1) is 0 Å². The molecule has 0 rings (SSSR count). The van der Waals surface area contributed by atoms with Crippen molar-refractivity contribution in [3.63, 3.8) is 0 Å². The molecule has 0 aromatic rings. The van der Waals surface area contributed by atoms with E-state index < -0.39 is 10.4 Å². The van der Waals surface area contributed by atoms with Crippen molar-refractivity contribution in [3.8, 4) is 0 Å². The van der Waals surface area contributed by atoms with Crippen molar-refractivity contribution >= 4 is 27.8 Å². The summed E-state index contributed by atoms with van der Waals surface area (Å²) in [4.78, 5) is 0. The first-order valence-electron chi connectivity index (χ1n) is 0.667. The van der Waals surface area contributed by atoms with Crippen molar-refractivity contribution in [2.45, 2.75) is 0 Å². The summed E-state index contributed by atoms with van der Waals surface area (Å²) in [5.41, 5.74) is 0. The van der Waals surface area contributed by atoms with E-state index >= 15 is 0 Å². The molecule has 0 bridgehead atoms. The topological polar surface area (TPSA) is 80.3 Å². The second-order valence-electron chi connectivity index (χ2n) is 0.408. The molecule has 0 amide bonds. The van der Waals surface area contributed by atoms with Crippen LogP contribution in [0.25, 0.3) is 0 Å². The Kier molecular flexibility index (Phi) is 69.8. The third-order valence-corrected chi connectivity index (χ3v) is 0. The molecule has 62 valence electrons. The van der Waals surface area contributed by atoms with Crippen molar-refractivity contribution in [1.82, 2.24) is 0 Å². The zero-order chi connectivity index (χ0) is 4.50. The van der Waals surface area contributed by atoms with Crippen LogP contribution in [0.3, 0.4) is 0 Å². The summed E-state index contributed by atoms with van der Waals surface area (Å²) >= 11 is 0. The van der Waals surface area contributed by atoms with Crippen LogP contribution in [0.5, 0.6) is 0 Å². The van der Waals surface area contributed by atoms with Gasteiger partial charge in [0, 0.05) is 10.4 Å². The minimum atomic E-state index is -5.17. The molecule has 0 aromatic heterocycles. The molecule has 0 unspecified atom stereocenters. The maximum Gasteiger partial charge on any atom is 3.00 e. The molecule has 0 saturated carbocycles. The summed E-state index contributed by atoms with van der Waals surface area (Å²) < 4.78 is 34.1. The summed E-state index contributed by atoms with van der Waals surface area (Å²) in [6.07, 6.45) is 0. The van der Waals surface area contributed by atoms with Gasteiger partial charge in [-0.25, -0.2) is 0 Å². The summed E-state index contributed by atoms with van der Waals surface area (Å²) in [6, 6.07) is 0. The van der Waals surface area contributed by atoms with E-state index in [-0.39, 0.29) is 71.7 Å². The fourth-order valence-corrected chi connectivity index (χ4v) is 0. The van der Waals surface area contributed by atoms with Crippen molar-refractivity contribution in [3.05, 3.63) is 0 Å². The molecule has 0 aliphatic carbocycles. The summed E-state index contributed by atoms with van der Waals surface area (Å²) in [6.45, 7) is 0. The average molecular weight is 285 g/mol.